The largest absolute Gasteiger partial charge is 0.488 e. The highest BCUT2D eigenvalue weighted by Crippen LogP contribution is 2.55. The van der Waals surface area contributed by atoms with Gasteiger partial charge in [-0.1, -0.05) is 36.4 Å². The lowest BCUT2D eigenvalue weighted by atomic mass is 9.75. The number of rotatable bonds is 6. The molecule has 0 saturated heterocycles. The maximum Gasteiger partial charge on any atom is 0.240 e. The Hall–Kier alpha value is -3.35. The Kier molecular flexibility index (Phi) is 5.43. The first-order valence-electron chi connectivity index (χ1n) is 10.5. The quantitative estimate of drug-likeness (QED) is 0.723. The molecular formula is C25H26N4O2. The average Bonchev–Trinajstić information content (AvgIpc) is 3.21. The molecule has 4 rings (SSSR count). The second kappa shape index (κ2) is 8.06. The third-order valence-electron chi connectivity index (χ3n) is 6.17. The maximum absolute atomic E-state index is 13.8. The minimum absolute atomic E-state index is 0.0175. The third-order valence-corrected chi connectivity index (χ3v) is 6.17. The molecule has 0 aromatic heterocycles. The zero-order chi connectivity index (χ0) is 22.2. The van der Waals surface area contributed by atoms with E-state index < -0.39 is 5.41 Å². The van der Waals surface area contributed by atoms with Crippen LogP contribution in [0, 0.1) is 29.6 Å². The van der Waals surface area contributed by atoms with Gasteiger partial charge in [-0.25, -0.2) is 0 Å². The molecule has 1 unspecified atom stereocenters. The molecule has 1 atom stereocenters. The second-order valence-corrected chi connectivity index (χ2v) is 8.74. The predicted octanol–water partition coefficient (Wildman–Crippen LogP) is 3.47. The summed E-state index contributed by atoms with van der Waals surface area (Å²) >= 11 is 0. The molecule has 2 aromatic rings. The molecule has 0 N–H and O–H groups in total. The van der Waals surface area contributed by atoms with Crippen LogP contribution in [0.4, 0.5) is 5.69 Å². The number of amides is 1. The third kappa shape index (κ3) is 3.44. The van der Waals surface area contributed by atoms with E-state index in [9.17, 15) is 15.3 Å². The van der Waals surface area contributed by atoms with E-state index in [0.717, 1.165) is 40.9 Å². The van der Waals surface area contributed by atoms with Crippen LogP contribution in [0.2, 0.25) is 0 Å². The Bertz CT molecular complexity index is 1080. The lowest BCUT2D eigenvalue weighted by molar-refractivity contribution is -0.123. The minimum atomic E-state index is -1.20. The number of nitriles is 2. The molecule has 0 radical (unpaired) electrons. The fraction of sp³-hybridized carbons (Fsp3) is 0.400. The molecule has 158 valence electrons. The predicted molar refractivity (Wildman–Crippen MR) is 118 cm³/mol. The fourth-order valence-electron chi connectivity index (χ4n) is 4.95. The first-order valence-corrected chi connectivity index (χ1v) is 10.5. The SMILES string of the molecule is Cc1cc2c(c3c1N(Cc1ccccc1)C(=O)C3(CC#N)CC#N)OC(CN(C)C)C2. The summed E-state index contributed by atoms with van der Waals surface area (Å²) in [6.07, 6.45) is 0.643. The molecule has 6 heteroatoms. The van der Waals surface area contributed by atoms with Crippen LogP contribution < -0.4 is 9.64 Å². The molecule has 2 aliphatic rings. The summed E-state index contributed by atoms with van der Waals surface area (Å²) in [4.78, 5) is 17.7. The van der Waals surface area contributed by atoms with E-state index in [4.69, 9.17) is 4.74 Å². The normalized spacial score (nSPS) is 18.3. The summed E-state index contributed by atoms with van der Waals surface area (Å²) in [5.41, 5.74) is 3.35. The molecule has 6 nitrogen and oxygen atoms in total. The Morgan fingerprint density at radius 3 is 2.48 bits per heavy atom. The lowest BCUT2D eigenvalue weighted by Gasteiger charge is -2.25. The number of benzene rings is 2. The molecule has 2 aromatic carbocycles. The number of anilines is 1. The van der Waals surface area contributed by atoms with Crippen LogP contribution in [-0.2, 0) is 23.2 Å². The van der Waals surface area contributed by atoms with Crippen molar-refractivity contribution in [3.8, 4) is 17.9 Å². The van der Waals surface area contributed by atoms with E-state index in [2.05, 4.69) is 23.1 Å². The highest BCUT2D eigenvalue weighted by Gasteiger charge is 2.54. The van der Waals surface area contributed by atoms with E-state index in [1.165, 1.54) is 0 Å². The van der Waals surface area contributed by atoms with Crippen molar-refractivity contribution in [2.75, 3.05) is 25.5 Å². The van der Waals surface area contributed by atoms with Gasteiger partial charge in [0.2, 0.25) is 5.91 Å². The molecule has 0 bridgehead atoms. The first-order chi connectivity index (χ1) is 14.9. The van der Waals surface area contributed by atoms with Gasteiger partial charge < -0.3 is 14.5 Å². The first kappa shape index (κ1) is 20.9. The number of likely N-dealkylation sites (N-methyl/N-ethyl adjacent to an activating group) is 1. The maximum atomic E-state index is 13.8. The van der Waals surface area contributed by atoms with Crippen LogP contribution in [0.5, 0.6) is 5.75 Å². The number of aryl methyl sites for hydroxylation is 1. The number of carbonyl (C=O) groups is 1. The van der Waals surface area contributed by atoms with Gasteiger partial charge in [-0.05, 0) is 37.7 Å². The smallest absolute Gasteiger partial charge is 0.240 e. The standard InChI is InChI=1S/C25H26N4O2/c1-17-13-19-14-20(16-28(2)3)31-23(19)21-22(17)29(15-18-7-5-4-6-8-18)24(30)25(21,9-11-26)10-12-27/h4-8,13,20H,9-10,14-16H2,1-3H3. The highest BCUT2D eigenvalue weighted by molar-refractivity contribution is 6.10. The van der Waals surface area contributed by atoms with Gasteiger partial charge in [0.25, 0.3) is 0 Å². The molecule has 1 amide bonds. The van der Waals surface area contributed by atoms with Crippen molar-refractivity contribution in [1.29, 1.82) is 10.5 Å². The topological polar surface area (TPSA) is 80.4 Å². The summed E-state index contributed by atoms with van der Waals surface area (Å²) in [6.45, 7) is 3.15. The van der Waals surface area contributed by atoms with Crippen LogP contribution in [-0.4, -0.2) is 37.6 Å². The Labute approximate surface area is 183 Å². The van der Waals surface area contributed by atoms with Crippen molar-refractivity contribution in [3.63, 3.8) is 0 Å². The monoisotopic (exact) mass is 414 g/mol. The van der Waals surface area contributed by atoms with Gasteiger partial charge in [-0.15, -0.1) is 0 Å². The summed E-state index contributed by atoms with van der Waals surface area (Å²) in [5, 5.41) is 19.3. The van der Waals surface area contributed by atoms with Gasteiger partial charge in [0.15, 0.2) is 0 Å². The van der Waals surface area contributed by atoms with E-state index in [0.29, 0.717) is 12.3 Å². The number of fused-ring (bicyclic) bond motifs is 3. The fourth-order valence-corrected chi connectivity index (χ4v) is 4.95. The molecule has 0 fully saturated rings. The summed E-state index contributed by atoms with van der Waals surface area (Å²) in [7, 11) is 4.01. The van der Waals surface area contributed by atoms with Gasteiger partial charge in [0, 0.05) is 18.5 Å². The molecule has 2 aliphatic heterocycles. The second-order valence-electron chi connectivity index (χ2n) is 8.74. The van der Waals surface area contributed by atoms with E-state index in [-0.39, 0.29) is 24.9 Å². The Morgan fingerprint density at radius 1 is 1.19 bits per heavy atom. The van der Waals surface area contributed by atoms with Crippen LogP contribution in [0.15, 0.2) is 36.4 Å². The van der Waals surface area contributed by atoms with Crippen molar-refractivity contribution < 1.29 is 9.53 Å². The van der Waals surface area contributed by atoms with Crippen LogP contribution in [0.1, 0.15) is 35.1 Å². The van der Waals surface area contributed by atoms with Gasteiger partial charge in [-0.2, -0.15) is 10.5 Å². The van der Waals surface area contributed by atoms with Crippen LogP contribution >= 0.6 is 0 Å². The molecule has 2 heterocycles. The van der Waals surface area contributed by atoms with Gasteiger partial charge in [-0.3, -0.25) is 4.79 Å². The number of hydrogen-bond donors (Lipinski definition) is 0. The van der Waals surface area contributed by atoms with Crippen LogP contribution in [0.25, 0.3) is 0 Å². The zero-order valence-electron chi connectivity index (χ0n) is 18.2. The number of ether oxygens (including phenoxy) is 1. The summed E-state index contributed by atoms with van der Waals surface area (Å²) < 4.78 is 6.37. The van der Waals surface area contributed by atoms with Crippen molar-refractivity contribution in [2.45, 2.75) is 44.2 Å². The molecule has 0 spiro atoms. The van der Waals surface area contributed by atoms with E-state index in [1.54, 1.807) is 4.90 Å². The molecule has 0 aliphatic carbocycles. The summed E-state index contributed by atoms with van der Waals surface area (Å²) in [6, 6.07) is 16.3. The van der Waals surface area contributed by atoms with Crippen molar-refractivity contribution in [2.24, 2.45) is 0 Å². The summed E-state index contributed by atoms with van der Waals surface area (Å²) in [5.74, 6) is 0.507. The van der Waals surface area contributed by atoms with Crippen molar-refractivity contribution in [1.82, 2.24) is 4.90 Å². The number of hydrogen-bond acceptors (Lipinski definition) is 5. The van der Waals surface area contributed by atoms with Gasteiger partial charge >= 0.3 is 0 Å². The Balaban J connectivity index is 1.89. The Morgan fingerprint density at radius 2 is 1.87 bits per heavy atom. The van der Waals surface area contributed by atoms with Gasteiger partial charge in [0.1, 0.15) is 17.3 Å². The van der Waals surface area contributed by atoms with Gasteiger partial charge in [0.05, 0.1) is 37.2 Å². The van der Waals surface area contributed by atoms with Crippen molar-refractivity contribution in [3.05, 3.63) is 58.7 Å². The van der Waals surface area contributed by atoms with Crippen LogP contribution in [0.3, 0.4) is 0 Å². The number of carbonyl (C=O) groups excluding carboxylic acids is 1. The number of nitrogens with zero attached hydrogens (tertiary/aromatic N) is 4. The highest BCUT2D eigenvalue weighted by atomic mass is 16.5. The average molecular weight is 415 g/mol. The molecule has 31 heavy (non-hydrogen) atoms. The van der Waals surface area contributed by atoms with E-state index in [1.807, 2.05) is 51.4 Å². The van der Waals surface area contributed by atoms with Crippen molar-refractivity contribution >= 4 is 11.6 Å². The molecular weight excluding hydrogens is 388 g/mol. The minimum Gasteiger partial charge on any atom is -0.488 e. The lowest BCUT2D eigenvalue weighted by Crippen LogP contribution is -2.40. The van der Waals surface area contributed by atoms with E-state index >= 15 is 0 Å². The zero-order valence-corrected chi connectivity index (χ0v) is 18.2. The molecule has 0 saturated carbocycles.